The third-order valence-electron chi connectivity index (χ3n) is 3.98. The van der Waals surface area contributed by atoms with Crippen LogP contribution in [0.5, 0.6) is 5.75 Å². The van der Waals surface area contributed by atoms with Crippen molar-refractivity contribution in [2.45, 2.75) is 9.79 Å². The number of nitrogens with zero attached hydrogens (tertiary/aromatic N) is 4. The van der Waals surface area contributed by atoms with Crippen LogP contribution in [0.4, 0.5) is 28.7 Å². The Morgan fingerprint density at radius 2 is 1.73 bits per heavy atom. The molecule has 1 heterocycles. The number of anilines is 2. The van der Waals surface area contributed by atoms with Gasteiger partial charge in [-0.1, -0.05) is 6.07 Å². The lowest BCUT2D eigenvalue weighted by Gasteiger charge is -2.10. The SMILES string of the molecule is Nc1nc(/N=N/c2ccc([N+](=O)[O-])cc2NS(=O)(=O)c2cccc(S(=O)(=O)Cl)c2)ccc1O. The molecule has 33 heavy (non-hydrogen) atoms. The predicted octanol–water partition coefficient (Wildman–Crippen LogP) is 3.42. The Kier molecular flexibility index (Phi) is 6.48. The van der Waals surface area contributed by atoms with Crippen LogP contribution in [-0.2, 0) is 19.1 Å². The average Bonchev–Trinajstić information content (AvgIpc) is 2.74. The number of benzene rings is 2. The van der Waals surface area contributed by atoms with Crippen LogP contribution >= 0.6 is 10.7 Å². The van der Waals surface area contributed by atoms with Gasteiger partial charge in [0.25, 0.3) is 24.8 Å². The zero-order chi connectivity index (χ0) is 24.4. The molecule has 2 aromatic carbocycles. The first kappa shape index (κ1) is 23.8. The zero-order valence-electron chi connectivity index (χ0n) is 16.2. The Morgan fingerprint density at radius 3 is 2.36 bits per heavy atom. The molecule has 3 rings (SSSR count). The number of pyridine rings is 1. The van der Waals surface area contributed by atoms with E-state index in [4.69, 9.17) is 16.4 Å². The van der Waals surface area contributed by atoms with Gasteiger partial charge >= 0.3 is 0 Å². The molecule has 0 aliphatic heterocycles. The lowest BCUT2D eigenvalue weighted by Crippen LogP contribution is -2.13. The normalized spacial score (nSPS) is 12.0. The van der Waals surface area contributed by atoms with Crippen LogP contribution < -0.4 is 10.5 Å². The van der Waals surface area contributed by atoms with Gasteiger partial charge in [-0.2, -0.15) is 0 Å². The van der Waals surface area contributed by atoms with E-state index in [1.807, 2.05) is 0 Å². The fourth-order valence-electron chi connectivity index (χ4n) is 2.42. The van der Waals surface area contributed by atoms with Crippen LogP contribution in [0.2, 0.25) is 0 Å². The molecule has 0 bridgehead atoms. The maximum atomic E-state index is 12.8. The van der Waals surface area contributed by atoms with E-state index < -0.39 is 39.5 Å². The fraction of sp³-hybridized carbons (Fsp3) is 0. The Labute approximate surface area is 191 Å². The molecule has 1 aromatic heterocycles. The molecule has 172 valence electrons. The molecular weight excluding hydrogens is 500 g/mol. The van der Waals surface area contributed by atoms with Crippen LogP contribution in [0.3, 0.4) is 0 Å². The van der Waals surface area contributed by atoms with E-state index in [0.717, 1.165) is 36.4 Å². The summed E-state index contributed by atoms with van der Waals surface area (Å²) in [4.78, 5) is 13.2. The van der Waals surface area contributed by atoms with Crippen molar-refractivity contribution in [2.24, 2.45) is 10.2 Å². The van der Waals surface area contributed by atoms with Gasteiger partial charge in [-0.05, 0) is 36.4 Å². The molecule has 4 N–H and O–H groups in total. The van der Waals surface area contributed by atoms with Gasteiger partial charge in [0.2, 0.25) is 0 Å². The van der Waals surface area contributed by atoms with Crippen molar-refractivity contribution < 1.29 is 26.9 Å². The molecule has 13 nitrogen and oxygen atoms in total. The standard InChI is InChI=1S/C17H13ClN6O7S2/c18-32(28,29)11-2-1-3-12(9-11)33(30,31)23-14-8-10(24(26)27)4-5-13(14)21-22-16-7-6-15(25)17(19)20-16/h1-9,23,25H,(H2,19,20)/b22-21+. The highest BCUT2D eigenvalue weighted by Crippen LogP contribution is 2.33. The van der Waals surface area contributed by atoms with E-state index in [0.29, 0.717) is 0 Å². The monoisotopic (exact) mass is 512 g/mol. The molecule has 3 aromatic rings. The zero-order valence-corrected chi connectivity index (χ0v) is 18.5. The Morgan fingerprint density at radius 1 is 1.03 bits per heavy atom. The molecule has 0 atom stereocenters. The predicted molar refractivity (Wildman–Crippen MR) is 118 cm³/mol. The lowest BCUT2D eigenvalue weighted by molar-refractivity contribution is -0.384. The Hall–Kier alpha value is -3.82. The number of nitro benzene ring substituents is 1. The summed E-state index contributed by atoms with van der Waals surface area (Å²) in [6, 6.07) is 9.82. The van der Waals surface area contributed by atoms with Crippen molar-refractivity contribution in [3.8, 4) is 5.75 Å². The topological polar surface area (TPSA) is 207 Å². The van der Waals surface area contributed by atoms with Crippen LogP contribution in [0, 0.1) is 10.1 Å². The molecule has 0 aliphatic carbocycles. The number of nitrogens with one attached hydrogen (secondary N) is 1. The Balaban J connectivity index is 2.03. The molecule has 0 spiro atoms. The summed E-state index contributed by atoms with van der Waals surface area (Å²) in [6.45, 7) is 0. The van der Waals surface area contributed by atoms with Gasteiger partial charge in [0.1, 0.15) is 5.69 Å². The highest BCUT2D eigenvalue weighted by molar-refractivity contribution is 8.13. The first-order valence-electron chi connectivity index (χ1n) is 8.60. The summed E-state index contributed by atoms with van der Waals surface area (Å²) in [5.41, 5.74) is 4.59. The molecule has 16 heteroatoms. The summed E-state index contributed by atoms with van der Waals surface area (Å²) in [6.07, 6.45) is 0. The number of aromatic hydroxyl groups is 1. The molecule has 0 aliphatic rings. The number of hydrogen-bond donors (Lipinski definition) is 3. The number of aromatic nitrogens is 1. The van der Waals surface area contributed by atoms with E-state index >= 15 is 0 Å². The van der Waals surface area contributed by atoms with Crippen LogP contribution in [-0.4, -0.2) is 31.8 Å². The Bertz CT molecular complexity index is 1490. The summed E-state index contributed by atoms with van der Waals surface area (Å²) >= 11 is 0. The minimum absolute atomic E-state index is 0.0301. The van der Waals surface area contributed by atoms with Crippen molar-refractivity contribution >= 4 is 58.5 Å². The van der Waals surface area contributed by atoms with Gasteiger partial charge in [-0.15, -0.1) is 10.2 Å². The minimum Gasteiger partial charge on any atom is -0.504 e. The molecule has 0 saturated carbocycles. The van der Waals surface area contributed by atoms with Gasteiger partial charge in [0.15, 0.2) is 17.4 Å². The average molecular weight is 513 g/mol. The number of sulfonamides is 1. The summed E-state index contributed by atoms with van der Waals surface area (Å²) < 4.78 is 50.8. The first-order chi connectivity index (χ1) is 15.4. The van der Waals surface area contributed by atoms with Crippen LogP contribution in [0.15, 0.2) is 74.6 Å². The van der Waals surface area contributed by atoms with Crippen molar-refractivity contribution in [3.05, 3.63) is 64.7 Å². The minimum atomic E-state index is -4.42. The molecular formula is C17H13ClN6O7S2. The van der Waals surface area contributed by atoms with Gasteiger partial charge in [-0.25, -0.2) is 21.8 Å². The van der Waals surface area contributed by atoms with E-state index in [-0.39, 0.29) is 28.8 Å². The number of hydrogen-bond acceptors (Lipinski definition) is 11. The van der Waals surface area contributed by atoms with Crippen LogP contribution in [0.25, 0.3) is 0 Å². The quantitative estimate of drug-likeness (QED) is 0.183. The highest BCUT2D eigenvalue weighted by Gasteiger charge is 2.21. The van der Waals surface area contributed by atoms with Gasteiger partial charge < -0.3 is 10.8 Å². The molecule has 0 saturated heterocycles. The second kappa shape index (κ2) is 8.97. The van der Waals surface area contributed by atoms with Crippen molar-refractivity contribution in [2.75, 3.05) is 10.5 Å². The highest BCUT2D eigenvalue weighted by atomic mass is 35.7. The molecule has 0 radical (unpaired) electrons. The maximum absolute atomic E-state index is 12.8. The second-order valence-electron chi connectivity index (χ2n) is 6.25. The lowest BCUT2D eigenvalue weighted by atomic mass is 10.2. The molecule has 0 fully saturated rings. The number of halogens is 1. The van der Waals surface area contributed by atoms with Gasteiger partial charge in [0, 0.05) is 22.8 Å². The van der Waals surface area contributed by atoms with E-state index in [1.54, 1.807) is 0 Å². The summed E-state index contributed by atoms with van der Waals surface area (Å²) in [5, 5.41) is 28.2. The van der Waals surface area contributed by atoms with Crippen molar-refractivity contribution in [3.63, 3.8) is 0 Å². The largest absolute Gasteiger partial charge is 0.504 e. The number of nitrogens with two attached hydrogens (primary N) is 1. The number of non-ortho nitro benzene ring substituents is 1. The molecule has 0 amide bonds. The maximum Gasteiger partial charge on any atom is 0.271 e. The van der Waals surface area contributed by atoms with Crippen molar-refractivity contribution in [1.82, 2.24) is 4.98 Å². The van der Waals surface area contributed by atoms with Crippen LogP contribution in [0.1, 0.15) is 0 Å². The fourth-order valence-corrected chi connectivity index (χ4v) is 4.40. The van der Waals surface area contributed by atoms with Gasteiger partial charge in [-0.3, -0.25) is 14.8 Å². The first-order valence-corrected chi connectivity index (χ1v) is 12.4. The third kappa shape index (κ3) is 5.71. The third-order valence-corrected chi connectivity index (χ3v) is 6.70. The second-order valence-corrected chi connectivity index (χ2v) is 10.5. The summed E-state index contributed by atoms with van der Waals surface area (Å²) in [5.74, 6) is -0.526. The van der Waals surface area contributed by atoms with E-state index in [1.165, 1.54) is 18.2 Å². The number of nitrogen functional groups attached to an aromatic ring is 1. The van der Waals surface area contributed by atoms with Gasteiger partial charge in [0.05, 0.1) is 20.4 Å². The van der Waals surface area contributed by atoms with E-state index in [2.05, 4.69) is 19.9 Å². The number of rotatable bonds is 7. The summed E-state index contributed by atoms with van der Waals surface area (Å²) in [7, 11) is -3.36. The van der Waals surface area contributed by atoms with Crippen molar-refractivity contribution in [1.29, 1.82) is 0 Å². The number of nitro groups is 1. The molecule has 0 unspecified atom stereocenters. The number of azo groups is 1. The smallest absolute Gasteiger partial charge is 0.271 e. The van der Waals surface area contributed by atoms with E-state index in [9.17, 15) is 32.1 Å².